The van der Waals surface area contributed by atoms with Crippen LogP contribution in [0.4, 0.5) is 0 Å². The lowest BCUT2D eigenvalue weighted by molar-refractivity contribution is -0.135. The summed E-state index contributed by atoms with van der Waals surface area (Å²) in [5.41, 5.74) is 2.19. The molecule has 210 valence electrons. The molecule has 3 heterocycles. The lowest BCUT2D eigenvalue weighted by atomic mass is 10.0. The molecular weight excluding hydrogens is 512 g/mol. The van der Waals surface area contributed by atoms with Gasteiger partial charge in [-0.3, -0.25) is 14.4 Å². The van der Waals surface area contributed by atoms with Crippen molar-refractivity contribution in [1.82, 2.24) is 20.1 Å². The van der Waals surface area contributed by atoms with Crippen LogP contribution in [-0.2, 0) is 33.8 Å². The Morgan fingerprint density at radius 1 is 1.07 bits per heavy atom. The molecule has 2 atom stereocenters. The summed E-state index contributed by atoms with van der Waals surface area (Å²) in [5.74, 6) is 1.22. The summed E-state index contributed by atoms with van der Waals surface area (Å²) in [4.78, 5) is 46.3. The zero-order valence-electron chi connectivity index (χ0n) is 22.8. The number of aryl methyl sites for hydroxylation is 2. The molecule has 2 aliphatic rings. The number of nitrogens with one attached hydrogen (secondary N) is 1. The minimum Gasteiger partial charge on any atom is -0.457 e. The van der Waals surface area contributed by atoms with E-state index in [-0.39, 0.29) is 43.3 Å². The number of likely N-dealkylation sites (N-methyl/N-ethyl adjacent to an activating group) is 1. The van der Waals surface area contributed by atoms with Crippen LogP contribution in [0.15, 0.2) is 59.3 Å². The number of hydrogen-bond acceptors (Lipinski definition) is 7. The number of rotatable bonds is 2. The van der Waals surface area contributed by atoms with Gasteiger partial charge in [0.1, 0.15) is 17.3 Å². The van der Waals surface area contributed by atoms with Crippen molar-refractivity contribution in [1.29, 1.82) is 0 Å². The van der Waals surface area contributed by atoms with Gasteiger partial charge in [0.05, 0.1) is 25.3 Å². The summed E-state index contributed by atoms with van der Waals surface area (Å²) < 4.78 is 17.8. The average molecular weight is 547 g/mol. The molecule has 0 saturated carbocycles. The molecular formula is C30H34N4O6. The standard InChI is InChI=1S/C30H34N4O6/c1-3-25-29(31-19-39-25)30(37)34-13-12-26-24(16-34)32-27(35)17-33(2)28(36)11-10-20-6-4-8-22(14-20)40-23-9-5-7-21(15-23)18-38-26/h4-9,14-15,19,24,26H,3,10-13,16-18H2,1-2H3,(H,32,35)/t24-,26+/m0/s1. The summed E-state index contributed by atoms with van der Waals surface area (Å²) >= 11 is 0. The number of piperidine rings is 1. The molecule has 0 spiro atoms. The lowest BCUT2D eigenvalue weighted by Crippen LogP contribution is -2.58. The molecule has 3 amide bonds. The number of fused-ring (bicyclic) bond motifs is 5. The Balaban J connectivity index is 1.37. The second-order valence-corrected chi connectivity index (χ2v) is 10.2. The van der Waals surface area contributed by atoms with Crippen LogP contribution in [-0.4, -0.2) is 71.3 Å². The van der Waals surface area contributed by atoms with Gasteiger partial charge >= 0.3 is 0 Å². The smallest absolute Gasteiger partial charge is 0.276 e. The molecule has 4 bridgehead atoms. The molecule has 2 aromatic carbocycles. The first kappa shape index (κ1) is 27.4. The Hall–Kier alpha value is -4.18. The van der Waals surface area contributed by atoms with Gasteiger partial charge in [-0.1, -0.05) is 31.2 Å². The molecule has 1 N–H and O–H groups in total. The minimum atomic E-state index is -0.469. The van der Waals surface area contributed by atoms with E-state index in [4.69, 9.17) is 13.9 Å². The van der Waals surface area contributed by atoms with Gasteiger partial charge in [0.15, 0.2) is 12.1 Å². The molecule has 1 fully saturated rings. The number of carbonyl (C=O) groups excluding carboxylic acids is 3. The van der Waals surface area contributed by atoms with Crippen LogP contribution in [0.25, 0.3) is 0 Å². The highest BCUT2D eigenvalue weighted by Gasteiger charge is 2.35. The topological polar surface area (TPSA) is 114 Å². The first-order chi connectivity index (χ1) is 19.4. The predicted molar refractivity (Wildman–Crippen MR) is 146 cm³/mol. The van der Waals surface area contributed by atoms with Gasteiger partial charge in [-0.15, -0.1) is 0 Å². The Morgan fingerprint density at radius 3 is 2.60 bits per heavy atom. The maximum atomic E-state index is 13.3. The molecule has 1 saturated heterocycles. The van der Waals surface area contributed by atoms with Crippen molar-refractivity contribution >= 4 is 17.7 Å². The maximum absolute atomic E-state index is 13.3. The van der Waals surface area contributed by atoms with Gasteiger partial charge in [0.2, 0.25) is 11.8 Å². The van der Waals surface area contributed by atoms with Gasteiger partial charge in [-0.25, -0.2) is 4.98 Å². The van der Waals surface area contributed by atoms with Crippen molar-refractivity contribution in [2.75, 3.05) is 26.7 Å². The van der Waals surface area contributed by atoms with Crippen molar-refractivity contribution in [3.63, 3.8) is 0 Å². The number of nitrogens with zero attached hydrogens (tertiary/aromatic N) is 3. The fraction of sp³-hybridized carbons (Fsp3) is 0.400. The Labute approximate surface area is 233 Å². The molecule has 3 aromatic rings. The number of oxazole rings is 1. The highest BCUT2D eigenvalue weighted by Crippen LogP contribution is 2.25. The van der Waals surface area contributed by atoms with E-state index in [1.54, 1.807) is 11.9 Å². The maximum Gasteiger partial charge on any atom is 0.276 e. The molecule has 10 nitrogen and oxygen atoms in total. The Kier molecular flexibility index (Phi) is 8.45. The predicted octanol–water partition coefficient (Wildman–Crippen LogP) is 3.35. The highest BCUT2D eigenvalue weighted by molar-refractivity contribution is 5.93. The molecule has 40 heavy (non-hydrogen) atoms. The number of likely N-dealkylation sites (tertiary alicyclic amines) is 1. The number of carbonyl (C=O) groups is 3. The van der Waals surface area contributed by atoms with Crippen LogP contribution < -0.4 is 10.1 Å². The van der Waals surface area contributed by atoms with E-state index >= 15 is 0 Å². The summed E-state index contributed by atoms with van der Waals surface area (Å²) in [6, 6.07) is 14.9. The molecule has 0 aliphatic carbocycles. The number of ether oxygens (including phenoxy) is 2. The number of benzene rings is 2. The number of aromatic nitrogens is 1. The molecule has 2 aliphatic heterocycles. The summed E-state index contributed by atoms with van der Waals surface area (Å²) in [6.07, 6.45) is 2.80. The van der Waals surface area contributed by atoms with Crippen molar-refractivity contribution in [3.8, 4) is 11.5 Å². The Morgan fingerprint density at radius 2 is 1.82 bits per heavy atom. The third-order valence-electron chi connectivity index (χ3n) is 7.28. The van der Waals surface area contributed by atoms with Gasteiger partial charge < -0.3 is 29.0 Å². The van der Waals surface area contributed by atoms with Crippen molar-refractivity contribution in [3.05, 3.63) is 77.5 Å². The summed E-state index contributed by atoms with van der Waals surface area (Å²) in [5, 5.41) is 3.02. The molecule has 10 heteroatoms. The van der Waals surface area contributed by atoms with Crippen molar-refractivity contribution < 1.29 is 28.3 Å². The highest BCUT2D eigenvalue weighted by atomic mass is 16.5. The van der Waals surface area contributed by atoms with E-state index in [0.29, 0.717) is 55.4 Å². The van der Waals surface area contributed by atoms with Gasteiger partial charge in [-0.05, 0) is 48.2 Å². The van der Waals surface area contributed by atoms with Gasteiger partial charge in [0.25, 0.3) is 5.91 Å². The zero-order chi connectivity index (χ0) is 28.1. The van der Waals surface area contributed by atoms with E-state index in [2.05, 4.69) is 10.3 Å². The largest absolute Gasteiger partial charge is 0.457 e. The SMILES string of the molecule is CCc1ocnc1C(=O)N1CC[C@H]2OCc3cccc(c3)Oc3cccc(c3)CCC(=O)N(C)CC(=O)N[C@H]2C1. The number of amides is 3. The fourth-order valence-electron chi connectivity index (χ4n) is 5.10. The third-order valence-corrected chi connectivity index (χ3v) is 7.28. The van der Waals surface area contributed by atoms with Crippen LogP contribution >= 0.6 is 0 Å². The van der Waals surface area contributed by atoms with Crippen LogP contribution in [0.1, 0.15) is 47.1 Å². The molecule has 5 rings (SSSR count). The summed E-state index contributed by atoms with van der Waals surface area (Å²) in [6.45, 7) is 2.82. The van der Waals surface area contributed by atoms with Crippen LogP contribution in [0.5, 0.6) is 11.5 Å². The second-order valence-electron chi connectivity index (χ2n) is 10.2. The van der Waals surface area contributed by atoms with E-state index in [0.717, 1.165) is 11.1 Å². The summed E-state index contributed by atoms with van der Waals surface area (Å²) in [7, 11) is 1.62. The van der Waals surface area contributed by atoms with E-state index in [9.17, 15) is 14.4 Å². The van der Waals surface area contributed by atoms with Crippen molar-refractivity contribution in [2.24, 2.45) is 0 Å². The van der Waals surface area contributed by atoms with Gasteiger partial charge in [0, 0.05) is 33.0 Å². The van der Waals surface area contributed by atoms with Crippen LogP contribution in [0.3, 0.4) is 0 Å². The van der Waals surface area contributed by atoms with E-state index in [1.165, 1.54) is 11.3 Å². The molecule has 0 unspecified atom stereocenters. The first-order valence-corrected chi connectivity index (χ1v) is 13.6. The lowest BCUT2D eigenvalue weighted by Gasteiger charge is -2.38. The Bertz CT molecular complexity index is 1370. The van der Waals surface area contributed by atoms with Crippen LogP contribution in [0, 0.1) is 0 Å². The van der Waals surface area contributed by atoms with Crippen LogP contribution in [0.2, 0.25) is 0 Å². The van der Waals surface area contributed by atoms with E-state index < -0.39 is 6.04 Å². The average Bonchev–Trinajstić information content (AvgIpc) is 3.44. The number of hydrogen-bond donors (Lipinski definition) is 1. The molecule has 0 radical (unpaired) electrons. The monoisotopic (exact) mass is 546 g/mol. The van der Waals surface area contributed by atoms with E-state index in [1.807, 2.05) is 55.5 Å². The van der Waals surface area contributed by atoms with Crippen molar-refractivity contribution in [2.45, 2.75) is 51.4 Å². The fourth-order valence-corrected chi connectivity index (χ4v) is 5.10. The second kappa shape index (κ2) is 12.3. The first-order valence-electron chi connectivity index (χ1n) is 13.6. The molecule has 1 aromatic heterocycles. The van der Waals surface area contributed by atoms with Gasteiger partial charge in [-0.2, -0.15) is 0 Å². The zero-order valence-corrected chi connectivity index (χ0v) is 22.8. The third kappa shape index (κ3) is 6.51. The normalized spacial score (nSPS) is 20.6. The minimum absolute atomic E-state index is 0.0928. The quantitative estimate of drug-likeness (QED) is 0.524.